The van der Waals surface area contributed by atoms with Gasteiger partial charge in [-0.3, -0.25) is 4.79 Å². The summed E-state index contributed by atoms with van der Waals surface area (Å²) in [5.74, 6) is 0.281. The molecule has 0 amide bonds. The quantitative estimate of drug-likeness (QED) is 0.288. The molecule has 166 valence electrons. The van der Waals surface area contributed by atoms with Crippen LogP contribution in [-0.4, -0.2) is 52.5 Å². The maximum Gasteiger partial charge on any atom is 0.277 e. The summed E-state index contributed by atoms with van der Waals surface area (Å²) in [6.07, 6.45) is 1.70. The van der Waals surface area contributed by atoms with Crippen LogP contribution in [-0.2, 0) is 10.0 Å². The van der Waals surface area contributed by atoms with E-state index in [-0.39, 0.29) is 27.5 Å². The number of hydrogen-bond acceptors (Lipinski definition) is 7. The SMILES string of the molecule is CCN(CC)S(=O)(=O)c1cccc(-c2nnc(SCC(=O)c3c[nH]c4ccccc34)o2)c1. The van der Waals surface area contributed by atoms with Crippen molar-refractivity contribution in [1.29, 1.82) is 0 Å². The lowest BCUT2D eigenvalue weighted by Crippen LogP contribution is -2.30. The Morgan fingerprint density at radius 2 is 1.88 bits per heavy atom. The lowest BCUT2D eigenvalue weighted by atomic mass is 10.1. The number of carbonyl (C=O) groups is 1. The van der Waals surface area contributed by atoms with Gasteiger partial charge >= 0.3 is 0 Å². The predicted molar refractivity (Wildman–Crippen MR) is 123 cm³/mol. The van der Waals surface area contributed by atoms with Crippen molar-refractivity contribution in [3.05, 3.63) is 60.3 Å². The molecular formula is C22H22N4O4S2. The Hall–Kier alpha value is -2.95. The van der Waals surface area contributed by atoms with Crippen molar-refractivity contribution in [2.24, 2.45) is 0 Å². The second-order valence-corrected chi connectivity index (χ2v) is 9.81. The van der Waals surface area contributed by atoms with Crippen LogP contribution in [0.15, 0.2) is 69.3 Å². The van der Waals surface area contributed by atoms with Gasteiger partial charge in [-0.05, 0) is 24.3 Å². The van der Waals surface area contributed by atoms with Crippen LogP contribution in [0.5, 0.6) is 0 Å². The molecule has 0 aliphatic carbocycles. The van der Waals surface area contributed by atoms with Crippen LogP contribution in [0, 0.1) is 0 Å². The van der Waals surface area contributed by atoms with Gasteiger partial charge in [0, 0.05) is 41.3 Å². The van der Waals surface area contributed by atoms with E-state index in [2.05, 4.69) is 15.2 Å². The van der Waals surface area contributed by atoms with E-state index in [1.165, 1.54) is 10.4 Å². The van der Waals surface area contributed by atoms with E-state index < -0.39 is 10.0 Å². The van der Waals surface area contributed by atoms with E-state index in [0.29, 0.717) is 24.2 Å². The standard InChI is InChI=1S/C22H22N4O4S2/c1-3-26(4-2)32(28,29)16-9-7-8-15(12-16)21-24-25-22(30-21)31-14-20(27)18-13-23-19-11-6-5-10-17(18)19/h5-13,23H,3-4,14H2,1-2H3. The highest BCUT2D eigenvalue weighted by Crippen LogP contribution is 2.27. The summed E-state index contributed by atoms with van der Waals surface area (Å²) < 4.78 is 32.6. The fourth-order valence-electron chi connectivity index (χ4n) is 3.39. The van der Waals surface area contributed by atoms with Crippen molar-refractivity contribution >= 4 is 38.5 Å². The summed E-state index contributed by atoms with van der Waals surface area (Å²) in [7, 11) is -3.60. The van der Waals surface area contributed by atoms with Gasteiger partial charge in [-0.1, -0.05) is 49.9 Å². The smallest absolute Gasteiger partial charge is 0.277 e. The zero-order chi connectivity index (χ0) is 22.7. The largest absolute Gasteiger partial charge is 0.411 e. The number of para-hydroxylation sites is 1. The third-order valence-electron chi connectivity index (χ3n) is 5.05. The van der Waals surface area contributed by atoms with Crippen LogP contribution < -0.4 is 0 Å². The molecule has 0 radical (unpaired) electrons. The first kappa shape index (κ1) is 22.3. The zero-order valence-corrected chi connectivity index (χ0v) is 19.2. The molecule has 0 aliphatic heterocycles. The highest BCUT2D eigenvalue weighted by Gasteiger charge is 2.23. The number of Topliss-reactive ketones (excluding diaryl/α,β-unsaturated/α-hetero) is 1. The highest BCUT2D eigenvalue weighted by molar-refractivity contribution is 7.99. The molecule has 0 saturated heterocycles. The summed E-state index contributed by atoms with van der Waals surface area (Å²) in [4.78, 5) is 15.9. The number of sulfonamides is 1. The van der Waals surface area contributed by atoms with Crippen LogP contribution >= 0.6 is 11.8 Å². The van der Waals surface area contributed by atoms with E-state index in [1.54, 1.807) is 38.2 Å². The number of nitrogens with one attached hydrogen (secondary N) is 1. The Morgan fingerprint density at radius 1 is 1.09 bits per heavy atom. The molecule has 0 saturated carbocycles. The molecule has 0 aliphatic rings. The van der Waals surface area contributed by atoms with Crippen molar-refractivity contribution in [1.82, 2.24) is 19.5 Å². The third kappa shape index (κ3) is 4.34. The minimum Gasteiger partial charge on any atom is -0.411 e. The van der Waals surface area contributed by atoms with E-state index in [4.69, 9.17) is 4.42 Å². The lowest BCUT2D eigenvalue weighted by Gasteiger charge is -2.18. The first-order valence-electron chi connectivity index (χ1n) is 10.1. The monoisotopic (exact) mass is 470 g/mol. The van der Waals surface area contributed by atoms with Crippen LogP contribution in [0.25, 0.3) is 22.4 Å². The van der Waals surface area contributed by atoms with Gasteiger partial charge in [-0.2, -0.15) is 4.31 Å². The van der Waals surface area contributed by atoms with Crippen molar-refractivity contribution in [2.45, 2.75) is 24.0 Å². The summed E-state index contributed by atoms with van der Waals surface area (Å²) in [5, 5.41) is 9.13. The summed E-state index contributed by atoms with van der Waals surface area (Å²) >= 11 is 1.14. The Labute approximate surface area is 190 Å². The molecular weight excluding hydrogens is 448 g/mol. The molecule has 1 N–H and O–H groups in total. The van der Waals surface area contributed by atoms with Gasteiger partial charge in [-0.15, -0.1) is 10.2 Å². The summed E-state index contributed by atoms with van der Waals surface area (Å²) in [5.41, 5.74) is 2.02. The van der Waals surface area contributed by atoms with Crippen LogP contribution in [0.4, 0.5) is 0 Å². The molecule has 32 heavy (non-hydrogen) atoms. The van der Waals surface area contributed by atoms with Gasteiger partial charge in [0.05, 0.1) is 10.6 Å². The van der Waals surface area contributed by atoms with E-state index in [1.807, 2.05) is 24.3 Å². The number of ketones is 1. The van der Waals surface area contributed by atoms with Gasteiger partial charge in [0.25, 0.3) is 5.22 Å². The number of rotatable bonds is 9. The average Bonchev–Trinajstić information content (AvgIpc) is 3.46. The van der Waals surface area contributed by atoms with Crippen molar-refractivity contribution in [2.75, 3.05) is 18.8 Å². The van der Waals surface area contributed by atoms with Crippen molar-refractivity contribution < 1.29 is 17.6 Å². The van der Waals surface area contributed by atoms with Crippen LogP contribution in [0.2, 0.25) is 0 Å². The van der Waals surface area contributed by atoms with Crippen LogP contribution in [0.3, 0.4) is 0 Å². The van der Waals surface area contributed by atoms with Gasteiger partial charge in [0.2, 0.25) is 15.9 Å². The number of aromatic nitrogens is 3. The van der Waals surface area contributed by atoms with Crippen LogP contribution in [0.1, 0.15) is 24.2 Å². The topological polar surface area (TPSA) is 109 Å². The molecule has 8 nitrogen and oxygen atoms in total. The Morgan fingerprint density at radius 3 is 2.66 bits per heavy atom. The number of H-pyrrole nitrogens is 1. The highest BCUT2D eigenvalue weighted by atomic mass is 32.2. The van der Waals surface area contributed by atoms with Crippen molar-refractivity contribution in [3.63, 3.8) is 0 Å². The molecule has 2 aromatic carbocycles. The van der Waals surface area contributed by atoms with Gasteiger partial charge in [0.15, 0.2) is 5.78 Å². The lowest BCUT2D eigenvalue weighted by molar-refractivity contribution is 0.102. The Balaban J connectivity index is 1.49. The molecule has 0 spiro atoms. The molecule has 0 bridgehead atoms. The minimum atomic E-state index is -3.60. The Kier molecular flexibility index (Phi) is 6.45. The summed E-state index contributed by atoms with van der Waals surface area (Å²) in [6.45, 7) is 4.36. The maximum atomic E-state index is 12.8. The molecule has 0 atom stereocenters. The number of thioether (sulfide) groups is 1. The van der Waals surface area contributed by atoms with Gasteiger partial charge < -0.3 is 9.40 Å². The molecule has 2 heterocycles. The van der Waals surface area contributed by atoms with E-state index in [9.17, 15) is 13.2 Å². The Bertz CT molecular complexity index is 1360. The first-order chi connectivity index (χ1) is 15.4. The number of nitrogens with zero attached hydrogens (tertiary/aromatic N) is 3. The molecule has 0 unspecified atom stereocenters. The molecule has 0 fully saturated rings. The molecule has 4 rings (SSSR count). The summed E-state index contributed by atoms with van der Waals surface area (Å²) in [6, 6.07) is 14.0. The predicted octanol–water partition coefficient (Wildman–Crippen LogP) is 4.22. The third-order valence-corrected chi connectivity index (χ3v) is 7.91. The average molecular weight is 471 g/mol. The molecule has 4 aromatic rings. The number of carbonyl (C=O) groups excluding carboxylic acids is 1. The normalized spacial score (nSPS) is 12.0. The van der Waals surface area contributed by atoms with Gasteiger partial charge in [0.1, 0.15) is 0 Å². The second-order valence-electron chi connectivity index (χ2n) is 6.95. The molecule has 2 aromatic heterocycles. The van der Waals surface area contributed by atoms with E-state index >= 15 is 0 Å². The number of benzene rings is 2. The minimum absolute atomic E-state index is 0.0560. The zero-order valence-electron chi connectivity index (χ0n) is 17.6. The van der Waals surface area contributed by atoms with E-state index in [0.717, 1.165) is 22.7 Å². The second kappa shape index (κ2) is 9.27. The molecule has 10 heteroatoms. The van der Waals surface area contributed by atoms with Crippen molar-refractivity contribution in [3.8, 4) is 11.5 Å². The number of fused-ring (bicyclic) bond motifs is 1. The number of aromatic amines is 1. The maximum absolute atomic E-state index is 12.8. The van der Waals surface area contributed by atoms with Gasteiger partial charge in [-0.25, -0.2) is 8.42 Å². The first-order valence-corrected chi connectivity index (χ1v) is 12.5. The fraction of sp³-hybridized carbons (Fsp3) is 0.227. The fourth-order valence-corrected chi connectivity index (χ4v) is 5.55. The number of hydrogen-bond donors (Lipinski definition) is 1.